The van der Waals surface area contributed by atoms with Crippen LogP contribution >= 0.6 is 0 Å². The zero-order chi connectivity index (χ0) is 14.4. The largest absolute Gasteiger partial charge is 0.496 e. The first kappa shape index (κ1) is 14.8. The average molecular weight is 278 g/mol. The van der Waals surface area contributed by atoms with E-state index in [2.05, 4.69) is 5.32 Å². The summed E-state index contributed by atoms with van der Waals surface area (Å²) in [5, 5.41) is 3.29. The summed E-state index contributed by atoms with van der Waals surface area (Å²) in [6.45, 7) is 2.70. The number of hydrogen-bond donors (Lipinski definition) is 1. The number of methoxy groups -OCH3 is 1. The smallest absolute Gasteiger partial charge is 0.224 e. The molecule has 1 fully saturated rings. The van der Waals surface area contributed by atoms with Crippen LogP contribution in [-0.2, 0) is 16.1 Å². The van der Waals surface area contributed by atoms with Gasteiger partial charge in [0, 0.05) is 38.2 Å². The Morgan fingerprint density at radius 1 is 1.50 bits per heavy atom. The predicted octanol–water partition coefficient (Wildman–Crippen LogP) is 1.03. The molecule has 0 aromatic heterocycles. The fourth-order valence-corrected chi connectivity index (χ4v) is 2.29. The average Bonchev–Trinajstić information content (AvgIpc) is 2.48. The van der Waals surface area contributed by atoms with Gasteiger partial charge in [-0.3, -0.25) is 4.79 Å². The summed E-state index contributed by atoms with van der Waals surface area (Å²) in [5.74, 6) is 0.921. The van der Waals surface area contributed by atoms with Crippen LogP contribution in [0.1, 0.15) is 12.0 Å². The minimum absolute atomic E-state index is 0.110. The standard InChI is InChI=1S/C15H22N2O3/c1-17(10-12-5-3-4-6-14(12)19-2)15(18)9-13-11-20-8-7-16-13/h3-6,13,16H,7-11H2,1-2H3. The molecule has 0 saturated carbocycles. The second kappa shape index (κ2) is 7.26. The van der Waals surface area contributed by atoms with Crippen LogP contribution in [0.2, 0.25) is 0 Å². The Labute approximate surface area is 119 Å². The molecule has 1 amide bonds. The molecule has 1 atom stereocenters. The SMILES string of the molecule is COc1ccccc1CN(C)C(=O)CC1COCCN1. The van der Waals surface area contributed by atoms with Gasteiger partial charge in [0.1, 0.15) is 5.75 Å². The minimum Gasteiger partial charge on any atom is -0.496 e. The Morgan fingerprint density at radius 2 is 2.30 bits per heavy atom. The number of rotatable bonds is 5. The summed E-state index contributed by atoms with van der Waals surface area (Å²) in [6, 6.07) is 7.88. The lowest BCUT2D eigenvalue weighted by Crippen LogP contribution is -2.44. The topological polar surface area (TPSA) is 50.8 Å². The van der Waals surface area contributed by atoms with E-state index in [0.29, 0.717) is 19.6 Å². The van der Waals surface area contributed by atoms with Crippen LogP contribution in [0.15, 0.2) is 24.3 Å². The van der Waals surface area contributed by atoms with Crippen LogP contribution in [0.25, 0.3) is 0 Å². The van der Waals surface area contributed by atoms with E-state index in [-0.39, 0.29) is 11.9 Å². The van der Waals surface area contributed by atoms with Crippen molar-refractivity contribution in [2.75, 3.05) is 33.9 Å². The van der Waals surface area contributed by atoms with E-state index in [4.69, 9.17) is 9.47 Å². The number of carbonyl (C=O) groups is 1. The highest BCUT2D eigenvalue weighted by atomic mass is 16.5. The van der Waals surface area contributed by atoms with Crippen LogP contribution in [0.4, 0.5) is 0 Å². The second-order valence-corrected chi connectivity index (χ2v) is 4.99. The lowest BCUT2D eigenvalue weighted by atomic mass is 10.1. The molecule has 1 saturated heterocycles. The molecule has 1 aromatic rings. The lowest BCUT2D eigenvalue weighted by Gasteiger charge is -2.26. The van der Waals surface area contributed by atoms with E-state index in [9.17, 15) is 4.79 Å². The second-order valence-electron chi connectivity index (χ2n) is 4.99. The van der Waals surface area contributed by atoms with Crippen LogP contribution in [0.3, 0.4) is 0 Å². The number of morpholine rings is 1. The molecular formula is C15H22N2O3. The van der Waals surface area contributed by atoms with Crippen molar-refractivity contribution in [3.8, 4) is 5.75 Å². The summed E-state index contributed by atoms with van der Waals surface area (Å²) < 4.78 is 10.7. The molecule has 2 rings (SSSR count). The maximum Gasteiger partial charge on any atom is 0.224 e. The van der Waals surface area contributed by atoms with E-state index in [1.807, 2.05) is 31.3 Å². The summed E-state index contributed by atoms with van der Waals surface area (Å²) >= 11 is 0. The minimum atomic E-state index is 0.110. The summed E-state index contributed by atoms with van der Waals surface area (Å²) in [6.07, 6.45) is 0.464. The normalized spacial score (nSPS) is 18.6. The molecule has 1 aliphatic rings. The van der Waals surface area contributed by atoms with E-state index >= 15 is 0 Å². The summed E-state index contributed by atoms with van der Waals surface area (Å²) in [4.78, 5) is 13.9. The van der Waals surface area contributed by atoms with Gasteiger partial charge >= 0.3 is 0 Å². The van der Waals surface area contributed by atoms with Gasteiger partial charge in [-0.2, -0.15) is 0 Å². The third kappa shape index (κ3) is 3.95. The number of carbonyl (C=O) groups excluding carboxylic acids is 1. The van der Waals surface area contributed by atoms with E-state index in [1.165, 1.54) is 0 Å². The van der Waals surface area contributed by atoms with Crippen molar-refractivity contribution in [1.82, 2.24) is 10.2 Å². The van der Waals surface area contributed by atoms with Gasteiger partial charge in [-0.25, -0.2) is 0 Å². The van der Waals surface area contributed by atoms with Crippen molar-refractivity contribution in [2.24, 2.45) is 0 Å². The number of hydrogen-bond acceptors (Lipinski definition) is 4. The molecule has 1 aliphatic heterocycles. The zero-order valence-corrected chi connectivity index (χ0v) is 12.1. The molecule has 110 valence electrons. The Kier molecular flexibility index (Phi) is 5.38. The van der Waals surface area contributed by atoms with Gasteiger partial charge in [0.25, 0.3) is 0 Å². The van der Waals surface area contributed by atoms with Crippen LogP contribution < -0.4 is 10.1 Å². The van der Waals surface area contributed by atoms with Gasteiger partial charge in [-0.05, 0) is 6.07 Å². The molecule has 1 heterocycles. The Hall–Kier alpha value is -1.59. The van der Waals surface area contributed by atoms with Gasteiger partial charge in [0.05, 0.1) is 20.3 Å². The summed E-state index contributed by atoms with van der Waals surface area (Å²) in [7, 11) is 3.46. The first-order valence-corrected chi connectivity index (χ1v) is 6.87. The molecular weight excluding hydrogens is 256 g/mol. The van der Waals surface area contributed by atoms with Crippen molar-refractivity contribution in [2.45, 2.75) is 19.0 Å². The molecule has 5 heteroatoms. The Balaban J connectivity index is 1.89. The monoisotopic (exact) mass is 278 g/mol. The van der Waals surface area contributed by atoms with Crippen molar-refractivity contribution in [3.63, 3.8) is 0 Å². The number of nitrogens with one attached hydrogen (secondary N) is 1. The maximum atomic E-state index is 12.2. The fourth-order valence-electron chi connectivity index (χ4n) is 2.29. The highest BCUT2D eigenvalue weighted by Crippen LogP contribution is 2.19. The van der Waals surface area contributed by atoms with Crippen molar-refractivity contribution in [3.05, 3.63) is 29.8 Å². The molecule has 0 spiro atoms. The fraction of sp³-hybridized carbons (Fsp3) is 0.533. The van der Waals surface area contributed by atoms with Gasteiger partial charge in [0.2, 0.25) is 5.91 Å². The molecule has 1 unspecified atom stereocenters. The Bertz CT molecular complexity index is 444. The molecule has 0 aliphatic carbocycles. The van der Waals surface area contributed by atoms with E-state index in [0.717, 1.165) is 24.5 Å². The molecule has 1 aromatic carbocycles. The zero-order valence-electron chi connectivity index (χ0n) is 12.1. The third-order valence-corrected chi connectivity index (χ3v) is 3.45. The van der Waals surface area contributed by atoms with Gasteiger partial charge < -0.3 is 19.7 Å². The summed E-state index contributed by atoms with van der Waals surface area (Å²) in [5.41, 5.74) is 1.01. The lowest BCUT2D eigenvalue weighted by molar-refractivity contribution is -0.131. The predicted molar refractivity (Wildman–Crippen MR) is 76.7 cm³/mol. The third-order valence-electron chi connectivity index (χ3n) is 3.45. The van der Waals surface area contributed by atoms with Gasteiger partial charge in [-0.15, -0.1) is 0 Å². The molecule has 0 bridgehead atoms. The number of benzene rings is 1. The quantitative estimate of drug-likeness (QED) is 0.874. The Morgan fingerprint density at radius 3 is 3.00 bits per heavy atom. The maximum absolute atomic E-state index is 12.2. The molecule has 20 heavy (non-hydrogen) atoms. The van der Waals surface area contributed by atoms with Gasteiger partial charge in [-0.1, -0.05) is 18.2 Å². The van der Waals surface area contributed by atoms with Gasteiger partial charge in [0.15, 0.2) is 0 Å². The van der Waals surface area contributed by atoms with Crippen LogP contribution in [-0.4, -0.2) is 50.8 Å². The van der Waals surface area contributed by atoms with E-state index in [1.54, 1.807) is 12.0 Å². The molecule has 5 nitrogen and oxygen atoms in total. The highest BCUT2D eigenvalue weighted by Gasteiger charge is 2.19. The van der Waals surface area contributed by atoms with Crippen molar-refractivity contribution >= 4 is 5.91 Å². The number of ether oxygens (including phenoxy) is 2. The first-order valence-electron chi connectivity index (χ1n) is 6.87. The number of nitrogens with zero attached hydrogens (tertiary/aromatic N) is 1. The molecule has 1 N–H and O–H groups in total. The van der Waals surface area contributed by atoms with Crippen LogP contribution in [0.5, 0.6) is 5.75 Å². The number of para-hydroxylation sites is 1. The first-order chi connectivity index (χ1) is 9.70. The number of amides is 1. The highest BCUT2D eigenvalue weighted by molar-refractivity contribution is 5.76. The van der Waals surface area contributed by atoms with Crippen molar-refractivity contribution in [1.29, 1.82) is 0 Å². The van der Waals surface area contributed by atoms with Crippen LogP contribution in [0, 0.1) is 0 Å². The van der Waals surface area contributed by atoms with E-state index < -0.39 is 0 Å². The van der Waals surface area contributed by atoms with Crippen molar-refractivity contribution < 1.29 is 14.3 Å². The molecule has 0 radical (unpaired) electrons.